The summed E-state index contributed by atoms with van der Waals surface area (Å²) in [6.45, 7) is 10.6. The minimum Gasteiger partial charge on any atom is -0.387 e. The van der Waals surface area contributed by atoms with Crippen LogP contribution >= 0.6 is 0 Å². The van der Waals surface area contributed by atoms with Crippen LogP contribution in [0.4, 0.5) is 0 Å². The van der Waals surface area contributed by atoms with Crippen molar-refractivity contribution in [2.45, 2.75) is 45.9 Å². The molecule has 0 spiro atoms. The van der Waals surface area contributed by atoms with E-state index in [9.17, 15) is 5.11 Å². The molecule has 17 heavy (non-hydrogen) atoms. The van der Waals surface area contributed by atoms with Crippen LogP contribution < -0.4 is 0 Å². The predicted molar refractivity (Wildman–Crippen MR) is 65.5 cm³/mol. The van der Waals surface area contributed by atoms with Crippen molar-refractivity contribution in [2.75, 3.05) is 13.1 Å². The molecular weight excluding hydrogens is 216 g/mol. The van der Waals surface area contributed by atoms with Gasteiger partial charge in [0.15, 0.2) is 0 Å². The molecule has 0 radical (unpaired) electrons. The first kappa shape index (κ1) is 12.5. The van der Waals surface area contributed by atoms with Gasteiger partial charge in [-0.25, -0.2) is 9.67 Å². The van der Waals surface area contributed by atoms with Gasteiger partial charge in [0, 0.05) is 19.1 Å². The van der Waals surface area contributed by atoms with E-state index in [2.05, 4.69) is 42.7 Å². The van der Waals surface area contributed by atoms with Gasteiger partial charge in [0.05, 0.1) is 12.1 Å². The van der Waals surface area contributed by atoms with E-state index in [1.54, 1.807) is 6.33 Å². The normalized spacial score (nSPS) is 19.9. The smallest absolute Gasteiger partial charge is 0.141 e. The van der Waals surface area contributed by atoms with Gasteiger partial charge in [-0.1, -0.05) is 13.8 Å². The van der Waals surface area contributed by atoms with Gasteiger partial charge in [-0.15, -0.1) is 0 Å². The lowest BCUT2D eigenvalue weighted by Gasteiger charge is -2.49. The van der Waals surface area contributed by atoms with E-state index in [1.165, 1.54) is 0 Å². The van der Waals surface area contributed by atoms with Crippen molar-refractivity contribution in [3.05, 3.63) is 12.2 Å². The Bertz CT molecular complexity index is 380. The highest BCUT2D eigenvalue weighted by atomic mass is 16.3. The number of rotatable bonds is 4. The summed E-state index contributed by atoms with van der Waals surface area (Å²) in [6, 6.07) is 0.331. The molecule has 0 amide bonds. The molecule has 0 saturated carbocycles. The number of β-amino-alcohol motifs (C(OH)–C–C–N with tert-alkyl or cyclic N) is 1. The largest absolute Gasteiger partial charge is 0.387 e. The molecule has 1 saturated heterocycles. The third kappa shape index (κ3) is 2.35. The Kier molecular flexibility index (Phi) is 3.23. The topological polar surface area (TPSA) is 54.2 Å². The van der Waals surface area contributed by atoms with Crippen LogP contribution in [0.5, 0.6) is 0 Å². The number of nitrogens with zero attached hydrogens (tertiary/aromatic N) is 4. The molecule has 1 fully saturated rings. The summed E-state index contributed by atoms with van der Waals surface area (Å²) in [5.41, 5.74) is -0.511. The molecule has 1 aromatic rings. The van der Waals surface area contributed by atoms with Gasteiger partial charge in [0.1, 0.15) is 12.2 Å². The van der Waals surface area contributed by atoms with E-state index in [0.29, 0.717) is 12.0 Å². The SMILES string of the molecule is CC(C)n1ncnc1CN1CC(O)(C(C)C)C1. The molecule has 0 unspecified atom stereocenters. The molecule has 1 aliphatic rings. The number of hydrogen-bond acceptors (Lipinski definition) is 4. The summed E-state index contributed by atoms with van der Waals surface area (Å²) in [4.78, 5) is 6.49. The molecular formula is C12H22N4O. The number of likely N-dealkylation sites (tertiary alicyclic amines) is 1. The molecule has 2 rings (SSSR count). The van der Waals surface area contributed by atoms with E-state index in [1.807, 2.05) is 4.68 Å². The zero-order valence-electron chi connectivity index (χ0n) is 11.1. The quantitative estimate of drug-likeness (QED) is 0.852. The molecule has 96 valence electrons. The lowest BCUT2D eigenvalue weighted by Crippen LogP contribution is -2.64. The maximum absolute atomic E-state index is 10.2. The van der Waals surface area contributed by atoms with Gasteiger partial charge in [-0.05, 0) is 19.8 Å². The van der Waals surface area contributed by atoms with Crippen molar-refractivity contribution in [1.82, 2.24) is 19.7 Å². The Labute approximate surface area is 102 Å². The molecule has 1 N–H and O–H groups in total. The lowest BCUT2D eigenvalue weighted by atomic mass is 9.83. The summed E-state index contributed by atoms with van der Waals surface area (Å²) in [6.07, 6.45) is 1.60. The Balaban J connectivity index is 1.94. The maximum Gasteiger partial charge on any atom is 0.141 e. The van der Waals surface area contributed by atoms with Crippen LogP contribution in [0.3, 0.4) is 0 Å². The third-order valence-electron chi connectivity index (χ3n) is 3.57. The standard InChI is InChI=1S/C12H22N4O/c1-9(2)12(17)6-15(7-12)5-11-13-8-14-16(11)10(3)4/h8-10,17H,5-7H2,1-4H3. The number of aromatic nitrogens is 3. The molecule has 2 heterocycles. The first-order chi connectivity index (χ1) is 7.92. The molecule has 0 aromatic carbocycles. The van der Waals surface area contributed by atoms with Gasteiger partial charge in [-0.3, -0.25) is 4.90 Å². The third-order valence-corrected chi connectivity index (χ3v) is 3.57. The van der Waals surface area contributed by atoms with Crippen molar-refractivity contribution < 1.29 is 5.11 Å². The fraction of sp³-hybridized carbons (Fsp3) is 0.833. The second-order valence-corrected chi connectivity index (χ2v) is 5.62. The van der Waals surface area contributed by atoms with Crippen molar-refractivity contribution in [3.63, 3.8) is 0 Å². The molecule has 1 aliphatic heterocycles. The Morgan fingerprint density at radius 1 is 1.35 bits per heavy atom. The van der Waals surface area contributed by atoms with Crippen LogP contribution in [0.15, 0.2) is 6.33 Å². The molecule has 5 heteroatoms. The fourth-order valence-electron chi connectivity index (χ4n) is 2.22. The summed E-state index contributed by atoms with van der Waals surface area (Å²) < 4.78 is 1.94. The van der Waals surface area contributed by atoms with Crippen LogP contribution in [0.1, 0.15) is 39.6 Å². The first-order valence-electron chi connectivity index (χ1n) is 6.25. The van der Waals surface area contributed by atoms with E-state index in [4.69, 9.17) is 0 Å². The summed E-state index contributed by atoms with van der Waals surface area (Å²) >= 11 is 0. The Morgan fingerprint density at radius 3 is 2.53 bits per heavy atom. The van der Waals surface area contributed by atoms with Gasteiger partial charge in [-0.2, -0.15) is 5.10 Å². The summed E-state index contributed by atoms with van der Waals surface area (Å²) in [5, 5.41) is 14.4. The Hall–Kier alpha value is -0.940. The fourth-order valence-corrected chi connectivity index (χ4v) is 2.22. The maximum atomic E-state index is 10.2. The average Bonchev–Trinajstić information content (AvgIpc) is 2.62. The lowest BCUT2D eigenvalue weighted by molar-refractivity contribution is -0.131. The zero-order chi connectivity index (χ0) is 12.6. The number of aliphatic hydroxyl groups is 1. The van der Waals surface area contributed by atoms with E-state index in [-0.39, 0.29) is 0 Å². The zero-order valence-corrected chi connectivity index (χ0v) is 11.1. The van der Waals surface area contributed by atoms with Gasteiger partial charge in [0.2, 0.25) is 0 Å². The second kappa shape index (κ2) is 4.38. The van der Waals surface area contributed by atoms with Gasteiger partial charge in [0.25, 0.3) is 0 Å². The molecule has 0 atom stereocenters. The average molecular weight is 238 g/mol. The van der Waals surface area contributed by atoms with E-state index >= 15 is 0 Å². The highest BCUT2D eigenvalue weighted by Crippen LogP contribution is 2.29. The first-order valence-corrected chi connectivity index (χ1v) is 6.25. The van der Waals surface area contributed by atoms with E-state index < -0.39 is 5.60 Å². The van der Waals surface area contributed by atoms with Crippen LogP contribution in [0.25, 0.3) is 0 Å². The molecule has 0 bridgehead atoms. The molecule has 5 nitrogen and oxygen atoms in total. The summed E-state index contributed by atoms with van der Waals surface area (Å²) in [7, 11) is 0. The highest BCUT2D eigenvalue weighted by Gasteiger charge is 2.43. The van der Waals surface area contributed by atoms with Crippen molar-refractivity contribution in [3.8, 4) is 0 Å². The predicted octanol–water partition coefficient (Wildman–Crippen LogP) is 1.06. The Morgan fingerprint density at radius 2 is 2.00 bits per heavy atom. The van der Waals surface area contributed by atoms with Crippen LogP contribution in [-0.4, -0.2) is 43.5 Å². The second-order valence-electron chi connectivity index (χ2n) is 5.62. The summed E-state index contributed by atoms with van der Waals surface area (Å²) in [5.74, 6) is 1.28. The van der Waals surface area contributed by atoms with Crippen LogP contribution in [0.2, 0.25) is 0 Å². The van der Waals surface area contributed by atoms with Gasteiger partial charge < -0.3 is 5.11 Å². The van der Waals surface area contributed by atoms with Crippen LogP contribution in [0, 0.1) is 5.92 Å². The minimum atomic E-state index is -0.511. The molecule has 1 aromatic heterocycles. The monoisotopic (exact) mass is 238 g/mol. The van der Waals surface area contributed by atoms with Crippen molar-refractivity contribution in [2.24, 2.45) is 5.92 Å². The highest BCUT2D eigenvalue weighted by molar-refractivity contribution is 5.00. The number of hydrogen-bond donors (Lipinski definition) is 1. The van der Waals surface area contributed by atoms with Crippen molar-refractivity contribution >= 4 is 0 Å². The molecule has 0 aliphatic carbocycles. The van der Waals surface area contributed by atoms with E-state index in [0.717, 1.165) is 25.5 Å². The minimum absolute atomic E-state index is 0.307. The van der Waals surface area contributed by atoms with Crippen LogP contribution in [-0.2, 0) is 6.54 Å². The van der Waals surface area contributed by atoms with Crippen molar-refractivity contribution in [1.29, 1.82) is 0 Å². The van der Waals surface area contributed by atoms with Gasteiger partial charge >= 0.3 is 0 Å².